The summed E-state index contributed by atoms with van der Waals surface area (Å²) in [6.45, 7) is 4.31. The van der Waals surface area contributed by atoms with Crippen molar-refractivity contribution in [2.24, 2.45) is 10.9 Å². The first-order valence-electron chi connectivity index (χ1n) is 6.47. The van der Waals surface area contributed by atoms with Gasteiger partial charge in [0.15, 0.2) is 0 Å². The van der Waals surface area contributed by atoms with Crippen LogP contribution in [-0.4, -0.2) is 34.8 Å². The average Bonchev–Trinajstić information content (AvgIpc) is 2.65. The molecule has 0 radical (unpaired) electrons. The maximum Gasteiger partial charge on any atom is 0.344 e. The number of aliphatic imine (C=N–C) groups is 1. The molecule has 2 amide bonds. The zero-order chi connectivity index (χ0) is 14.0. The lowest BCUT2D eigenvalue weighted by Crippen LogP contribution is -2.54. The molecule has 102 valence electrons. The van der Waals surface area contributed by atoms with Gasteiger partial charge in [-0.15, -0.1) is 11.8 Å². The quantitative estimate of drug-likeness (QED) is 0.847. The van der Waals surface area contributed by atoms with Crippen LogP contribution in [0.1, 0.15) is 19.4 Å². The SMILES string of the molecule is CSC1=NC(=O)N(C)C1(Cc1ccccc1)C(C)C. The summed E-state index contributed by atoms with van der Waals surface area (Å²) < 4.78 is 0. The van der Waals surface area contributed by atoms with E-state index in [9.17, 15) is 4.79 Å². The number of likely N-dealkylation sites (N-methyl/N-ethyl adjacent to an activating group) is 1. The summed E-state index contributed by atoms with van der Waals surface area (Å²) in [6.07, 6.45) is 2.81. The topological polar surface area (TPSA) is 32.7 Å². The molecule has 1 aliphatic rings. The second-order valence-corrected chi connectivity index (χ2v) is 6.00. The van der Waals surface area contributed by atoms with Gasteiger partial charge in [0.25, 0.3) is 0 Å². The summed E-state index contributed by atoms with van der Waals surface area (Å²) in [4.78, 5) is 18.0. The molecule has 1 aliphatic heterocycles. The second kappa shape index (κ2) is 5.37. The van der Waals surface area contributed by atoms with Gasteiger partial charge in [-0.1, -0.05) is 44.2 Å². The van der Waals surface area contributed by atoms with Crippen molar-refractivity contribution in [3.63, 3.8) is 0 Å². The molecule has 0 saturated carbocycles. The fourth-order valence-corrected chi connectivity index (χ4v) is 3.70. The number of urea groups is 1. The van der Waals surface area contributed by atoms with Crippen LogP contribution < -0.4 is 0 Å². The molecule has 0 spiro atoms. The number of hydrogen-bond donors (Lipinski definition) is 0. The number of nitrogens with zero attached hydrogens (tertiary/aromatic N) is 2. The summed E-state index contributed by atoms with van der Waals surface area (Å²) in [5.41, 5.74) is 0.928. The Labute approximate surface area is 119 Å². The van der Waals surface area contributed by atoms with Crippen LogP contribution in [0.4, 0.5) is 4.79 Å². The van der Waals surface area contributed by atoms with E-state index in [1.165, 1.54) is 5.56 Å². The predicted octanol–water partition coefficient (Wildman–Crippen LogP) is 3.45. The summed E-state index contributed by atoms with van der Waals surface area (Å²) in [5.74, 6) is 0.315. The normalized spacial score (nSPS) is 23.1. The smallest absolute Gasteiger partial charge is 0.313 e. The first-order valence-corrected chi connectivity index (χ1v) is 7.69. The van der Waals surface area contributed by atoms with Gasteiger partial charge in [0.1, 0.15) is 5.04 Å². The van der Waals surface area contributed by atoms with Crippen molar-refractivity contribution in [3.05, 3.63) is 35.9 Å². The Bertz CT molecular complexity index is 498. The van der Waals surface area contributed by atoms with E-state index in [0.717, 1.165) is 11.5 Å². The highest BCUT2D eigenvalue weighted by atomic mass is 32.2. The van der Waals surface area contributed by atoms with Crippen molar-refractivity contribution in [3.8, 4) is 0 Å². The summed E-state index contributed by atoms with van der Waals surface area (Å²) in [5, 5.41) is 0.929. The summed E-state index contributed by atoms with van der Waals surface area (Å²) >= 11 is 1.58. The standard InChI is InChI=1S/C15H20N2OS/c1-11(2)15(10-12-8-6-5-7-9-12)13(19-4)16-14(18)17(15)3/h5-9,11H,10H2,1-4H3. The molecule has 0 aliphatic carbocycles. The van der Waals surface area contributed by atoms with Crippen molar-refractivity contribution >= 4 is 22.8 Å². The maximum absolute atomic E-state index is 12.0. The molecular formula is C15H20N2OS. The highest BCUT2D eigenvalue weighted by Crippen LogP contribution is 2.38. The molecule has 3 nitrogen and oxygen atoms in total. The molecule has 19 heavy (non-hydrogen) atoms. The molecule has 1 unspecified atom stereocenters. The monoisotopic (exact) mass is 276 g/mol. The molecule has 0 aromatic heterocycles. The predicted molar refractivity (Wildman–Crippen MR) is 81.8 cm³/mol. The molecule has 1 heterocycles. The zero-order valence-electron chi connectivity index (χ0n) is 11.9. The maximum atomic E-state index is 12.0. The van der Waals surface area contributed by atoms with Gasteiger partial charge in [0.05, 0.1) is 5.54 Å². The van der Waals surface area contributed by atoms with Crippen LogP contribution >= 0.6 is 11.8 Å². The van der Waals surface area contributed by atoms with E-state index in [2.05, 4.69) is 31.0 Å². The molecule has 1 aromatic rings. The summed E-state index contributed by atoms with van der Waals surface area (Å²) in [6, 6.07) is 10.2. The number of thioether (sulfide) groups is 1. The molecule has 0 N–H and O–H groups in total. The van der Waals surface area contributed by atoms with Crippen molar-refractivity contribution in [1.29, 1.82) is 0 Å². The lowest BCUT2D eigenvalue weighted by molar-refractivity contribution is 0.164. The van der Waals surface area contributed by atoms with Crippen LogP contribution in [0.2, 0.25) is 0 Å². The minimum atomic E-state index is -0.308. The van der Waals surface area contributed by atoms with Crippen LogP contribution in [0.25, 0.3) is 0 Å². The van der Waals surface area contributed by atoms with E-state index in [4.69, 9.17) is 0 Å². The number of rotatable bonds is 3. The number of amides is 2. The van der Waals surface area contributed by atoms with Crippen molar-refractivity contribution in [2.75, 3.05) is 13.3 Å². The molecule has 2 rings (SSSR count). The average molecular weight is 276 g/mol. The van der Waals surface area contributed by atoms with E-state index in [0.29, 0.717) is 5.92 Å². The third kappa shape index (κ3) is 2.29. The molecule has 1 aromatic carbocycles. The van der Waals surface area contributed by atoms with Gasteiger partial charge in [0.2, 0.25) is 0 Å². The first kappa shape index (κ1) is 14.1. The van der Waals surface area contributed by atoms with E-state index >= 15 is 0 Å². The fraction of sp³-hybridized carbons (Fsp3) is 0.467. The van der Waals surface area contributed by atoms with E-state index in [-0.39, 0.29) is 11.6 Å². The number of benzene rings is 1. The minimum absolute atomic E-state index is 0.131. The van der Waals surface area contributed by atoms with Crippen molar-refractivity contribution in [1.82, 2.24) is 4.90 Å². The van der Waals surface area contributed by atoms with Gasteiger partial charge in [-0.05, 0) is 17.7 Å². The number of carbonyl (C=O) groups excluding carboxylic acids is 1. The van der Waals surface area contributed by atoms with Crippen molar-refractivity contribution < 1.29 is 4.79 Å². The minimum Gasteiger partial charge on any atom is -0.313 e. The van der Waals surface area contributed by atoms with Gasteiger partial charge >= 0.3 is 6.03 Å². The zero-order valence-corrected chi connectivity index (χ0v) is 12.7. The largest absolute Gasteiger partial charge is 0.344 e. The third-order valence-corrected chi connectivity index (χ3v) is 4.75. The Hall–Kier alpha value is -1.29. The number of carbonyl (C=O) groups is 1. The van der Waals surface area contributed by atoms with Gasteiger partial charge in [-0.2, -0.15) is 4.99 Å². The molecule has 4 heteroatoms. The van der Waals surface area contributed by atoms with E-state index in [1.807, 2.05) is 31.5 Å². The van der Waals surface area contributed by atoms with Gasteiger partial charge in [-0.3, -0.25) is 0 Å². The summed E-state index contributed by atoms with van der Waals surface area (Å²) in [7, 11) is 1.86. The Morgan fingerprint density at radius 1 is 1.32 bits per heavy atom. The Morgan fingerprint density at radius 3 is 2.47 bits per heavy atom. The van der Waals surface area contributed by atoms with Crippen LogP contribution in [0.15, 0.2) is 35.3 Å². The van der Waals surface area contributed by atoms with Gasteiger partial charge in [-0.25, -0.2) is 4.79 Å². The van der Waals surface area contributed by atoms with Crippen LogP contribution in [0.3, 0.4) is 0 Å². The van der Waals surface area contributed by atoms with Crippen LogP contribution in [0, 0.1) is 5.92 Å². The number of hydrogen-bond acceptors (Lipinski definition) is 2. The highest BCUT2D eigenvalue weighted by Gasteiger charge is 2.49. The third-order valence-electron chi connectivity index (χ3n) is 3.92. The Kier molecular flexibility index (Phi) is 3.99. The van der Waals surface area contributed by atoms with E-state index in [1.54, 1.807) is 16.7 Å². The lowest BCUT2D eigenvalue weighted by atomic mass is 9.81. The molecule has 0 bridgehead atoms. The fourth-order valence-electron chi connectivity index (χ4n) is 2.73. The highest BCUT2D eigenvalue weighted by molar-refractivity contribution is 8.13. The van der Waals surface area contributed by atoms with E-state index < -0.39 is 0 Å². The Morgan fingerprint density at radius 2 is 1.95 bits per heavy atom. The molecule has 0 saturated heterocycles. The van der Waals surface area contributed by atoms with Gasteiger partial charge < -0.3 is 4.90 Å². The second-order valence-electron chi connectivity index (χ2n) is 5.20. The van der Waals surface area contributed by atoms with Gasteiger partial charge in [0, 0.05) is 13.5 Å². The molecule has 0 fully saturated rings. The molecular weight excluding hydrogens is 256 g/mol. The van der Waals surface area contributed by atoms with Crippen LogP contribution in [-0.2, 0) is 6.42 Å². The molecule has 1 atom stereocenters. The van der Waals surface area contributed by atoms with Crippen molar-refractivity contribution in [2.45, 2.75) is 25.8 Å². The van der Waals surface area contributed by atoms with Crippen LogP contribution in [0.5, 0.6) is 0 Å². The lowest BCUT2D eigenvalue weighted by Gasteiger charge is -2.40. The first-order chi connectivity index (χ1) is 9.02. The Balaban J connectivity index is 2.44.